The molecule has 5 heteroatoms. The molecule has 0 unspecified atom stereocenters. The number of hydrogen-bond donors (Lipinski definition) is 1. The molecule has 140 valence electrons. The first kappa shape index (κ1) is 20.5. The molecule has 1 N–H and O–H groups in total. The highest BCUT2D eigenvalue weighted by atomic mass is 35.5. The summed E-state index contributed by atoms with van der Waals surface area (Å²) in [6, 6.07) is 15.3. The fraction of sp³-hybridized carbons (Fsp3) is 0.182. The van der Waals surface area contributed by atoms with Crippen molar-refractivity contribution in [3.8, 4) is 0 Å². The highest BCUT2D eigenvalue weighted by Crippen LogP contribution is 2.16. The van der Waals surface area contributed by atoms with Crippen LogP contribution in [-0.4, -0.2) is 23.9 Å². The number of halogens is 1. The normalized spacial score (nSPS) is 12.4. The number of benzene rings is 2. The topological polar surface area (TPSA) is 58.9 Å². The molecule has 0 aliphatic heterocycles. The summed E-state index contributed by atoms with van der Waals surface area (Å²) in [6.45, 7) is 2.41. The summed E-state index contributed by atoms with van der Waals surface area (Å²) < 4.78 is 4.87. The van der Waals surface area contributed by atoms with E-state index in [-0.39, 0.29) is 12.0 Å². The summed E-state index contributed by atoms with van der Waals surface area (Å²) in [6.07, 6.45) is 5.47. The average Bonchev–Trinajstić information content (AvgIpc) is 2.66. The fourth-order valence-corrected chi connectivity index (χ4v) is 2.58. The van der Waals surface area contributed by atoms with E-state index in [1.807, 2.05) is 67.6 Å². The van der Waals surface area contributed by atoms with E-state index >= 15 is 0 Å². The maximum absolute atomic E-state index is 11.3. The predicted molar refractivity (Wildman–Crippen MR) is 110 cm³/mol. The van der Waals surface area contributed by atoms with Crippen LogP contribution in [-0.2, 0) is 22.5 Å². The number of nitrogens with zero attached hydrogens (tertiary/aromatic N) is 1. The SMILES string of the molecule is COC=C(Cc1ccccc1CN=C(C)C=Cc1ccc(Cl)cc1)C(=O)O. The van der Waals surface area contributed by atoms with Gasteiger partial charge < -0.3 is 9.84 Å². The van der Waals surface area contributed by atoms with Crippen LogP contribution in [0.3, 0.4) is 0 Å². The molecule has 0 spiro atoms. The maximum atomic E-state index is 11.3. The van der Waals surface area contributed by atoms with Gasteiger partial charge in [-0.25, -0.2) is 4.79 Å². The van der Waals surface area contributed by atoms with Crippen LogP contribution < -0.4 is 0 Å². The Bertz CT molecular complexity index is 867. The van der Waals surface area contributed by atoms with Crippen LogP contribution in [0.25, 0.3) is 6.08 Å². The molecule has 0 fully saturated rings. The maximum Gasteiger partial charge on any atom is 0.335 e. The van der Waals surface area contributed by atoms with Crippen LogP contribution in [0.15, 0.2) is 71.4 Å². The van der Waals surface area contributed by atoms with E-state index in [0.717, 1.165) is 22.4 Å². The van der Waals surface area contributed by atoms with Crippen molar-refractivity contribution in [3.63, 3.8) is 0 Å². The van der Waals surface area contributed by atoms with Gasteiger partial charge in [0.05, 0.1) is 25.5 Å². The largest absolute Gasteiger partial charge is 0.504 e. The number of aliphatic carboxylic acids is 1. The molecule has 0 amide bonds. The molecule has 4 nitrogen and oxygen atoms in total. The number of aliphatic imine (C=N–C) groups is 1. The molecule has 0 atom stereocenters. The van der Waals surface area contributed by atoms with Crippen molar-refractivity contribution in [2.75, 3.05) is 7.11 Å². The van der Waals surface area contributed by atoms with Crippen LogP contribution in [0.4, 0.5) is 0 Å². The predicted octanol–water partition coefficient (Wildman–Crippen LogP) is 5.17. The molecular weight excluding hydrogens is 362 g/mol. The molecule has 0 heterocycles. The Morgan fingerprint density at radius 2 is 1.81 bits per heavy atom. The first-order valence-corrected chi connectivity index (χ1v) is 8.84. The lowest BCUT2D eigenvalue weighted by molar-refractivity contribution is -0.132. The third-order valence-electron chi connectivity index (χ3n) is 3.92. The number of carboxylic acid groups (broad SMARTS) is 1. The van der Waals surface area contributed by atoms with Crippen LogP contribution in [0.1, 0.15) is 23.6 Å². The van der Waals surface area contributed by atoms with E-state index in [1.165, 1.54) is 13.4 Å². The van der Waals surface area contributed by atoms with Gasteiger partial charge in [-0.2, -0.15) is 0 Å². The standard InChI is InChI=1S/C22H22ClNO3/c1-16(7-8-17-9-11-21(23)12-10-17)24-14-19-6-4-3-5-18(19)13-20(15-27-2)22(25)26/h3-12,15H,13-14H2,1-2H3,(H,25,26). The minimum Gasteiger partial charge on any atom is -0.504 e. The van der Waals surface area contributed by atoms with Crippen molar-refractivity contribution < 1.29 is 14.6 Å². The van der Waals surface area contributed by atoms with E-state index in [2.05, 4.69) is 4.99 Å². The van der Waals surface area contributed by atoms with Gasteiger partial charge in [0.25, 0.3) is 0 Å². The highest BCUT2D eigenvalue weighted by Gasteiger charge is 2.11. The minimum absolute atomic E-state index is 0.202. The summed E-state index contributed by atoms with van der Waals surface area (Å²) in [7, 11) is 1.44. The lowest BCUT2D eigenvalue weighted by atomic mass is 10.0. The van der Waals surface area contributed by atoms with Crippen molar-refractivity contribution in [1.29, 1.82) is 0 Å². The second-order valence-electron chi connectivity index (χ2n) is 5.97. The molecule has 0 aromatic heterocycles. The van der Waals surface area contributed by atoms with Gasteiger partial charge >= 0.3 is 5.97 Å². The van der Waals surface area contributed by atoms with Gasteiger partial charge in [-0.15, -0.1) is 0 Å². The highest BCUT2D eigenvalue weighted by molar-refractivity contribution is 6.30. The average molecular weight is 384 g/mol. The minimum atomic E-state index is -0.989. The zero-order chi connectivity index (χ0) is 19.6. The van der Waals surface area contributed by atoms with E-state index < -0.39 is 5.97 Å². The van der Waals surface area contributed by atoms with Crippen LogP contribution in [0, 0.1) is 0 Å². The van der Waals surface area contributed by atoms with E-state index in [0.29, 0.717) is 11.6 Å². The molecule has 2 rings (SSSR count). The molecular formula is C22H22ClNO3. The summed E-state index contributed by atoms with van der Waals surface area (Å²) in [4.78, 5) is 15.9. The van der Waals surface area contributed by atoms with Crippen LogP contribution in [0.5, 0.6) is 0 Å². The number of rotatable bonds is 8. The number of carboxylic acids is 1. The lowest BCUT2D eigenvalue weighted by Gasteiger charge is -2.08. The van der Waals surface area contributed by atoms with E-state index in [1.54, 1.807) is 0 Å². The zero-order valence-corrected chi connectivity index (χ0v) is 16.1. The van der Waals surface area contributed by atoms with Gasteiger partial charge in [0.1, 0.15) is 0 Å². The Morgan fingerprint density at radius 3 is 2.44 bits per heavy atom. The van der Waals surface area contributed by atoms with Crippen LogP contribution >= 0.6 is 11.6 Å². The summed E-state index contributed by atoms with van der Waals surface area (Å²) in [5, 5.41) is 9.98. The second-order valence-corrected chi connectivity index (χ2v) is 6.41. The van der Waals surface area contributed by atoms with Crippen molar-refractivity contribution in [2.24, 2.45) is 4.99 Å². The monoisotopic (exact) mass is 383 g/mol. The molecule has 0 aliphatic carbocycles. The van der Waals surface area contributed by atoms with Gasteiger partial charge in [0, 0.05) is 17.2 Å². The number of allylic oxidation sites excluding steroid dienone is 1. The molecule has 0 bridgehead atoms. The third-order valence-corrected chi connectivity index (χ3v) is 4.17. The molecule has 0 saturated carbocycles. The Kier molecular flexibility index (Phi) is 7.83. The van der Waals surface area contributed by atoms with Gasteiger partial charge in [-0.1, -0.05) is 54.1 Å². The number of ether oxygens (including phenoxy) is 1. The third kappa shape index (κ3) is 6.76. The van der Waals surface area contributed by atoms with Gasteiger partial charge in [-0.05, 0) is 41.8 Å². The van der Waals surface area contributed by atoms with Gasteiger partial charge in [0.15, 0.2) is 0 Å². The Hall–Kier alpha value is -2.85. The van der Waals surface area contributed by atoms with Crippen LogP contribution in [0.2, 0.25) is 5.02 Å². The Morgan fingerprint density at radius 1 is 1.15 bits per heavy atom. The molecule has 0 aliphatic rings. The van der Waals surface area contributed by atoms with Gasteiger partial charge in [-0.3, -0.25) is 4.99 Å². The molecule has 27 heavy (non-hydrogen) atoms. The smallest absolute Gasteiger partial charge is 0.335 e. The first-order valence-electron chi connectivity index (χ1n) is 8.46. The van der Waals surface area contributed by atoms with Crippen molar-refractivity contribution in [3.05, 3.63) is 88.2 Å². The molecule has 0 saturated heterocycles. The lowest BCUT2D eigenvalue weighted by Crippen LogP contribution is -2.06. The Labute approximate surface area is 164 Å². The molecule has 2 aromatic carbocycles. The van der Waals surface area contributed by atoms with Crippen molar-refractivity contribution in [1.82, 2.24) is 0 Å². The summed E-state index contributed by atoms with van der Waals surface area (Å²) in [5.41, 5.74) is 4.03. The van der Waals surface area contributed by atoms with E-state index in [4.69, 9.17) is 16.3 Å². The van der Waals surface area contributed by atoms with Gasteiger partial charge in [0.2, 0.25) is 0 Å². The summed E-state index contributed by atoms with van der Waals surface area (Å²) >= 11 is 5.89. The summed E-state index contributed by atoms with van der Waals surface area (Å²) in [5.74, 6) is -0.989. The van der Waals surface area contributed by atoms with Crippen molar-refractivity contribution in [2.45, 2.75) is 19.9 Å². The number of carbonyl (C=O) groups is 1. The first-order chi connectivity index (χ1) is 13.0. The van der Waals surface area contributed by atoms with E-state index in [9.17, 15) is 9.90 Å². The second kappa shape index (κ2) is 10.3. The van der Waals surface area contributed by atoms with Crippen molar-refractivity contribution >= 4 is 29.4 Å². The number of methoxy groups -OCH3 is 1. The number of hydrogen-bond acceptors (Lipinski definition) is 3. The zero-order valence-electron chi connectivity index (χ0n) is 15.4. The molecule has 2 aromatic rings. The fourth-order valence-electron chi connectivity index (χ4n) is 2.45. The quantitative estimate of drug-likeness (QED) is 0.388. The Balaban J connectivity index is 2.10. The molecule has 0 radical (unpaired) electrons.